The number of hydrogen-bond donors (Lipinski definition) is 2. The molecule has 158 valence electrons. The molecule has 0 spiro atoms. The molecule has 1 amide bonds. The predicted molar refractivity (Wildman–Crippen MR) is 116 cm³/mol. The lowest BCUT2D eigenvalue weighted by molar-refractivity contribution is -0.123. The van der Waals surface area contributed by atoms with Crippen molar-refractivity contribution in [3.8, 4) is 0 Å². The summed E-state index contributed by atoms with van der Waals surface area (Å²) in [6.07, 6.45) is 6.11. The topological polar surface area (TPSA) is 72.1 Å². The molecule has 0 saturated heterocycles. The molecule has 30 heavy (non-hydrogen) atoms. The molecule has 6 nitrogen and oxygen atoms in total. The van der Waals surface area contributed by atoms with Gasteiger partial charge in [0.05, 0.1) is 12.6 Å². The van der Waals surface area contributed by atoms with Crippen LogP contribution < -0.4 is 10.6 Å². The first-order valence-corrected chi connectivity index (χ1v) is 11.1. The van der Waals surface area contributed by atoms with Crippen LogP contribution in [0.15, 0.2) is 35.0 Å². The maximum atomic E-state index is 13.0. The number of aryl methyl sites for hydroxylation is 1. The molecule has 2 unspecified atom stereocenters. The van der Waals surface area contributed by atoms with E-state index in [4.69, 9.17) is 4.52 Å². The summed E-state index contributed by atoms with van der Waals surface area (Å²) in [4.78, 5) is 13.0. The molecule has 3 aromatic rings. The van der Waals surface area contributed by atoms with Crippen LogP contribution in [0.2, 0.25) is 0 Å². The molecule has 1 aliphatic carbocycles. The van der Waals surface area contributed by atoms with Crippen molar-refractivity contribution >= 4 is 16.8 Å². The zero-order valence-corrected chi connectivity index (χ0v) is 17.9. The van der Waals surface area contributed by atoms with Crippen molar-refractivity contribution in [2.45, 2.75) is 71.1 Å². The fourth-order valence-corrected chi connectivity index (χ4v) is 4.69. The smallest absolute Gasteiger partial charge is 0.237 e. The van der Waals surface area contributed by atoms with E-state index in [1.807, 2.05) is 13.0 Å². The highest BCUT2D eigenvalue weighted by Crippen LogP contribution is 2.36. The second-order valence-corrected chi connectivity index (χ2v) is 9.34. The molecular formula is C24H30N4O2. The third kappa shape index (κ3) is 3.76. The molecule has 1 fully saturated rings. The fourth-order valence-electron chi connectivity index (χ4n) is 4.69. The second kappa shape index (κ2) is 7.58. The molecule has 2 N–H and O–H groups in total. The first-order valence-electron chi connectivity index (χ1n) is 11.1. The molecule has 1 aromatic carbocycles. The molecule has 2 aliphatic rings. The summed E-state index contributed by atoms with van der Waals surface area (Å²) in [5.41, 5.74) is 4.64. The monoisotopic (exact) mass is 406 g/mol. The lowest BCUT2D eigenvalue weighted by atomic mass is 9.94. The Kier molecular flexibility index (Phi) is 4.89. The van der Waals surface area contributed by atoms with Crippen molar-refractivity contribution < 1.29 is 9.32 Å². The average Bonchev–Trinajstić information content (AvgIpc) is 3.35. The van der Waals surface area contributed by atoms with E-state index in [0.29, 0.717) is 24.9 Å². The van der Waals surface area contributed by atoms with Gasteiger partial charge < -0.3 is 14.4 Å². The van der Waals surface area contributed by atoms with Crippen LogP contribution >= 0.6 is 0 Å². The molecule has 0 bridgehead atoms. The van der Waals surface area contributed by atoms with Crippen LogP contribution in [0.25, 0.3) is 10.9 Å². The van der Waals surface area contributed by atoms with Gasteiger partial charge in [0.1, 0.15) is 11.5 Å². The van der Waals surface area contributed by atoms with E-state index in [2.05, 4.69) is 58.6 Å². The van der Waals surface area contributed by atoms with Gasteiger partial charge in [0.25, 0.3) is 0 Å². The van der Waals surface area contributed by atoms with Crippen molar-refractivity contribution in [2.24, 2.45) is 5.92 Å². The Morgan fingerprint density at radius 2 is 2.20 bits per heavy atom. The maximum Gasteiger partial charge on any atom is 0.237 e. The Bertz CT molecular complexity index is 1080. The van der Waals surface area contributed by atoms with Gasteiger partial charge in [0, 0.05) is 35.2 Å². The third-order valence-corrected chi connectivity index (χ3v) is 6.18. The Morgan fingerprint density at radius 1 is 1.37 bits per heavy atom. The average molecular weight is 407 g/mol. The van der Waals surface area contributed by atoms with Gasteiger partial charge in [-0.1, -0.05) is 31.1 Å². The van der Waals surface area contributed by atoms with Crippen LogP contribution in [-0.4, -0.2) is 27.7 Å². The first kappa shape index (κ1) is 19.4. The van der Waals surface area contributed by atoms with Gasteiger partial charge >= 0.3 is 0 Å². The lowest BCUT2D eigenvalue weighted by Gasteiger charge is -2.25. The number of aromatic nitrogens is 2. The molecule has 0 radical (unpaired) electrons. The number of hydrogen-bond acceptors (Lipinski definition) is 4. The molecule has 3 heterocycles. The van der Waals surface area contributed by atoms with Crippen LogP contribution in [0.5, 0.6) is 0 Å². The third-order valence-electron chi connectivity index (χ3n) is 6.18. The molecule has 1 aliphatic heterocycles. The normalized spacial score (nSPS) is 21.2. The molecule has 2 aromatic heterocycles. The number of nitrogens with zero attached hydrogens (tertiary/aromatic N) is 2. The highest BCUT2D eigenvalue weighted by molar-refractivity contribution is 5.90. The zero-order valence-electron chi connectivity index (χ0n) is 17.9. The molecule has 1 saturated carbocycles. The van der Waals surface area contributed by atoms with E-state index >= 15 is 0 Å². The van der Waals surface area contributed by atoms with Gasteiger partial charge in [-0.25, -0.2) is 0 Å². The number of carbonyl (C=O) groups excluding carboxylic acids is 1. The summed E-state index contributed by atoms with van der Waals surface area (Å²) in [6, 6.07) is 8.82. The number of benzene rings is 1. The molecule has 6 heteroatoms. The second-order valence-electron chi connectivity index (χ2n) is 9.34. The van der Waals surface area contributed by atoms with Crippen LogP contribution in [0.4, 0.5) is 0 Å². The Morgan fingerprint density at radius 3 is 2.90 bits per heavy atom. The van der Waals surface area contributed by atoms with E-state index in [-0.39, 0.29) is 18.0 Å². The van der Waals surface area contributed by atoms with Crippen LogP contribution in [0.3, 0.4) is 0 Å². The van der Waals surface area contributed by atoms with Gasteiger partial charge in [-0.05, 0) is 55.7 Å². The summed E-state index contributed by atoms with van der Waals surface area (Å²) < 4.78 is 7.51. The van der Waals surface area contributed by atoms with E-state index < -0.39 is 0 Å². The minimum absolute atomic E-state index is 0.132. The number of amides is 1. The van der Waals surface area contributed by atoms with Gasteiger partial charge in [0.2, 0.25) is 5.91 Å². The Balaban J connectivity index is 1.55. The molecule has 5 rings (SSSR count). The van der Waals surface area contributed by atoms with E-state index in [0.717, 1.165) is 30.7 Å². The SMILES string of the molecule is Cc1cc(Cn2cc3c4c(cccc42)C(CC(C)C)NC(C(=O)NC2CC2)C3)no1. The number of rotatable bonds is 6. The van der Waals surface area contributed by atoms with Crippen molar-refractivity contribution in [3.63, 3.8) is 0 Å². The van der Waals surface area contributed by atoms with Crippen molar-refractivity contribution in [1.29, 1.82) is 0 Å². The summed E-state index contributed by atoms with van der Waals surface area (Å²) in [5.74, 6) is 1.49. The van der Waals surface area contributed by atoms with Gasteiger partial charge in [-0.15, -0.1) is 0 Å². The summed E-state index contributed by atoms with van der Waals surface area (Å²) in [5, 5.41) is 12.4. The predicted octanol–water partition coefficient (Wildman–Crippen LogP) is 3.87. The minimum atomic E-state index is -0.213. The summed E-state index contributed by atoms with van der Waals surface area (Å²) in [7, 11) is 0. The van der Waals surface area contributed by atoms with Gasteiger partial charge in [0.15, 0.2) is 0 Å². The standard InChI is InChI=1S/C24H30N4O2/c1-14(2)9-20-19-5-4-6-22-23(19)16(11-21(26-20)24(29)25-17-7-8-17)12-28(22)13-18-10-15(3)30-27-18/h4-6,10,12,14,17,20-21,26H,7-9,11,13H2,1-3H3,(H,25,29). The Labute approximate surface area is 177 Å². The lowest BCUT2D eigenvalue weighted by Crippen LogP contribution is -2.47. The van der Waals surface area contributed by atoms with E-state index in [1.165, 1.54) is 22.0 Å². The number of carbonyl (C=O) groups is 1. The van der Waals surface area contributed by atoms with Gasteiger partial charge in [-0.3, -0.25) is 10.1 Å². The first-order chi connectivity index (χ1) is 14.5. The molecular weight excluding hydrogens is 376 g/mol. The maximum absolute atomic E-state index is 13.0. The quantitative estimate of drug-likeness (QED) is 0.652. The largest absolute Gasteiger partial charge is 0.361 e. The zero-order chi connectivity index (χ0) is 20.8. The van der Waals surface area contributed by atoms with Crippen LogP contribution in [0.1, 0.15) is 61.7 Å². The summed E-state index contributed by atoms with van der Waals surface area (Å²) in [6.45, 7) is 7.06. The van der Waals surface area contributed by atoms with Crippen LogP contribution in [0, 0.1) is 12.8 Å². The van der Waals surface area contributed by atoms with Crippen molar-refractivity contribution in [1.82, 2.24) is 20.4 Å². The molecule has 2 atom stereocenters. The van der Waals surface area contributed by atoms with E-state index in [9.17, 15) is 4.79 Å². The highest BCUT2D eigenvalue weighted by atomic mass is 16.5. The Hall–Kier alpha value is -2.60. The van der Waals surface area contributed by atoms with Crippen molar-refractivity contribution in [3.05, 3.63) is 53.0 Å². The van der Waals surface area contributed by atoms with Gasteiger partial charge in [-0.2, -0.15) is 0 Å². The highest BCUT2D eigenvalue weighted by Gasteiger charge is 2.33. The fraction of sp³-hybridized carbons (Fsp3) is 0.500. The van der Waals surface area contributed by atoms with Crippen LogP contribution in [-0.2, 0) is 17.8 Å². The minimum Gasteiger partial charge on any atom is -0.361 e. The van der Waals surface area contributed by atoms with E-state index in [1.54, 1.807) is 0 Å². The van der Waals surface area contributed by atoms with Crippen molar-refractivity contribution in [2.75, 3.05) is 0 Å². The summed E-state index contributed by atoms with van der Waals surface area (Å²) >= 11 is 0. The number of nitrogens with one attached hydrogen (secondary N) is 2.